The molecular formula is C13H10ClF2NO. The summed E-state index contributed by atoms with van der Waals surface area (Å²) in [6, 6.07) is 8.30. The van der Waals surface area contributed by atoms with Crippen molar-refractivity contribution in [3.05, 3.63) is 58.6 Å². The van der Waals surface area contributed by atoms with Gasteiger partial charge in [0.05, 0.1) is 11.3 Å². The molecular weight excluding hydrogens is 260 g/mol. The minimum atomic E-state index is -0.657. The lowest BCUT2D eigenvalue weighted by molar-refractivity contribution is 0.294. The zero-order valence-electron chi connectivity index (χ0n) is 9.29. The fourth-order valence-corrected chi connectivity index (χ4v) is 1.62. The maximum absolute atomic E-state index is 13.4. The Hall–Kier alpha value is -1.81. The number of ether oxygens (including phenoxy) is 1. The molecule has 0 aromatic heterocycles. The fraction of sp³-hybridized carbons (Fsp3) is 0.0769. The van der Waals surface area contributed by atoms with Gasteiger partial charge in [-0.1, -0.05) is 17.7 Å². The zero-order valence-corrected chi connectivity index (χ0v) is 10.0. The Morgan fingerprint density at radius 3 is 2.44 bits per heavy atom. The number of rotatable bonds is 3. The molecule has 0 saturated carbocycles. The summed E-state index contributed by atoms with van der Waals surface area (Å²) in [5.74, 6) is -1.02. The molecule has 2 aromatic rings. The number of nitrogen functional groups attached to an aromatic ring is 1. The highest BCUT2D eigenvalue weighted by atomic mass is 35.5. The van der Waals surface area contributed by atoms with Crippen LogP contribution in [-0.2, 0) is 6.61 Å². The summed E-state index contributed by atoms with van der Waals surface area (Å²) in [6.45, 7) is -0.247. The molecule has 94 valence electrons. The lowest BCUT2D eigenvalue weighted by Gasteiger charge is -2.10. The monoisotopic (exact) mass is 269 g/mol. The van der Waals surface area contributed by atoms with E-state index in [9.17, 15) is 8.78 Å². The molecule has 0 heterocycles. The zero-order chi connectivity index (χ0) is 13.1. The first-order valence-electron chi connectivity index (χ1n) is 5.18. The van der Waals surface area contributed by atoms with Gasteiger partial charge >= 0.3 is 0 Å². The van der Waals surface area contributed by atoms with Crippen LogP contribution in [-0.4, -0.2) is 0 Å². The van der Waals surface area contributed by atoms with E-state index in [1.165, 1.54) is 24.3 Å². The van der Waals surface area contributed by atoms with Crippen LogP contribution in [0.5, 0.6) is 5.75 Å². The van der Waals surface area contributed by atoms with Crippen molar-refractivity contribution in [2.24, 2.45) is 0 Å². The number of anilines is 1. The minimum Gasteiger partial charge on any atom is -0.486 e. The van der Waals surface area contributed by atoms with Gasteiger partial charge in [0, 0.05) is 11.1 Å². The van der Waals surface area contributed by atoms with Gasteiger partial charge in [-0.15, -0.1) is 0 Å². The van der Waals surface area contributed by atoms with Crippen molar-refractivity contribution in [2.75, 3.05) is 5.73 Å². The molecule has 0 saturated heterocycles. The second-order valence-corrected chi connectivity index (χ2v) is 4.11. The third-order valence-electron chi connectivity index (χ3n) is 2.41. The first-order chi connectivity index (χ1) is 8.58. The molecule has 0 spiro atoms. The van der Waals surface area contributed by atoms with Gasteiger partial charge in [0.25, 0.3) is 0 Å². The van der Waals surface area contributed by atoms with E-state index in [1.807, 2.05) is 0 Å². The predicted molar refractivity (Wildman–Crippen MR) is 66.6 cm³/mol. The Labute approximate surface area is 108 Å². The van der Waals surface area contributed by atoms with E-state index >= 15 is 0 Å². The highest BCUT2D eigenvalue weighted by molar-refractivity contribution is 6.30. The average Bonchev–Trinajstić information content (AvgIpc) is 2.33. The van der Waals surface area contributed by atoms with Crippen LogP contribution in [0, 0.1) is 11.6 Å². The molecule has 2 nitrogen and oxygen atoms in total. The Balaban J connectivity index is 2.19. The molecule has 0 radical (unpaired) electrons. The van der Waals surface area contributed by atoms with Crippen LogP contribution in [0.25, 0.3) is 0 Å². The largest absolute Gasteiger partial charge is 0.486 e. The minimum absolute atomic E-state index is 0.142. The van der Waals surface area contributed by atoms with Crippen molar-refractivity contribution in [2.45, 2.75) is 6.61 Å². The van der Waals surface area contributed by atoms with Gasteiger partial charge in [-0.25, -0.2) is 8.78 Å². The van der Waals surface area contributed by atoms with Crippen LogP contribution in [0.2, 0.25) is 5.02 Å². The summed E-state index contributed by atoms with van der Waals surface area (Å²) in [4.78, 5) is 0. The smallest absolute Gasteiger partial charge is 0.144 e. The first-order valence-corrected chi connectivity index (χ1v) is 5.56. The second-order valence-electron chi connectivity index (χ2n) is 3.67. The number of hydrogen-bond acceptors (Lipinski definition) is 2. The molecule has 0 atom stereocenters. The maximum Gasteiger partial charge on any atom is 0.144 e. The molecule has 0 aliphatic rings. The predicted octanol–water partition coefficient (Wildman–Crippen LogP) is 3.78. The Morgan fingerprint density at radius 2 is 1.78 bits per heavy atom. The van der Waals surface area contributed by atoms with Gasteiger partial charge in [-0.2, -0.15) is 0 Å². The van der Waals surface area contributed by atoms with Gasteiger partial charge in [0.1, 0.15) is 24.0 Å². The molecule has 2 rings (SSSR count). The van der Waals surface area contributed by atoms with Crippen LogP contribution in [0.1, 0.15) is 5.56 Å². The second kappa shape index (κ2) is 5.23. The topological polar surface area (TPSA) is 35.2 Å². The van der Waals surface area contributed by atoms with E-state index in [1.54, 1.807) is 12.1 Å². The summed E-state index contributed by atoms with van der Waals surface area (Å²) < 4.78 is 32.0. The summed E-state index contributed by atoms with van der Waals surface area (Å²) >= 11 is 5.78. The van der Waals surface area contributed by atoms with Crippen molar-refractivity contribution in [1.29, 1.82) is 0 Å². The quantitative estimate of drug-likeness (QED) is 0.861. The van der Waals surface area contributed by atoms with E-state index in [2.05, 4.69) is 0 Å². The number of halogens is 3. The van der Waals surface area contributed by atoms with Gasteiger partial charge < -0.3 is 10.5 Å². The van der Waals surface area contributed by atoms with E-state index in [0.717, 1.165) is 0 Å². The van der Waals surface area contributed by atoms with Gasteiger partial charge in [-0.3, -0.25) is 0 Å². The number of benzene rings is 2. The normalized spacial score (nSPS) is 10.4. The lowest BCUT2D eigenvalue weighted by atomic mass is 10.2. The molecule has 0 aliphatic heterocycles. The van der Waals surface area contributed by atoms with E-state index in [4.69, 9.17) is 22.1 Å². The Kier molecular flexibility index (Phi) is 3.67. The highest BCUT2D eigenvalue weighted by Gasteiger charge is 2.10. The third kappa shape index (κ3) is 2.71. The standard InChI is InChI=1S/C13H10ClF2NO/c14-8-4-5-12(17)13(6-8)18-7-9-10(15)2-1-3-11(9)16/h1-6H,7,17H2. The lowest BCUT2D eigenvalue weighted by Crippen LogP contribution is -2.03. The molecule has 0 unspecified atom stereocenters. The van der Waals surface area contributed by atoms with Gasteiger partial charge in [-0.05, 0) is 24.3 Å². The summed E-state index contributed by atoms with van der Waals surface area (Å²) in [5.41, 5.74) is 5.87. The van der Waals surface area contributed by atoms with Crippen LogP contribution in [0.4, 0.5) is 14.5 Å². The molecule has 0 bridgehead atoms. The van der Waals surface area contributed by atoms with Crippen molar-refractivity contribution < 1.29 is 13.5 Å². The Bertz CT molecular complexity index is 555. The molecule has 2 aromatic carbocycles. The van der Waals surface area contributed by atoms with Gasteiger partial charge in [0.2, 0.25) is 0 Å². The van der Waals surface area contributed by atoms with E-state index in [0.29, 0.717) is 16.5 Å². The summed E-state index contributed by atoms with van der Waals surface area (Å²) in [5, 5.41) is 0.438. The van der Waals surface area contributed by atoms with E-state index in [-0.39, 0.29) is 12.2 Å². The van der Waals surface area contributed by atoms with Crippen LogP contribution in [0.15, 0.2) is 36.4 Å². The molecule has 5 heteroatoms. The number of hydrogen-bond donors (Lipinski definition) is 1. The van der Waals surface area contributed by atoms with Crippen molar-refractivity contribution >= 4 is 17.3 Å². The highest BCUT2D eigenvalue weighted by Crippen LogP contribution is 2.26. The molecule has 0 aliphatic carbocycles. The Morgan fingerprint density at radius 1 is 1.11 bits per heavy atom. The van der Waals surface area contributed by atoms with Crippen LogP contribution >= 0.6 is 11.6 Å². The van der Waals surface area contributed by atoms with Gasteiger partial charge in [0.15, 0.2) is 0 Å². The van der Waals surface area contributed by atoms with Crippen molar-refractivity contribution in [1.82, 2.24) is 0 Å². The number of nitrogens with two attached hydrogens (primary N) is 1. The fourth-order valence-electron chi connectivity index (χ4n) is 1.45. The molecule has 2 N–H and O–H groups in total. The van der Waals surface area contributed by atoms with Crippen molar-refractivity contribution in [3.63, 3.8) is 0 Å². The van der Waals surface area contributed by atoms with Crippen molar-refractivity contribution in [3.8, 4) is 5.75 Å². The van der Waals surface area contributed by atoms with Crippen LogP contribution < -0.4 is 10.5 Å². The summed E-state index contributed by atoms with van der Waals surface area (Å²) in [7, 11) is 0. The molecule has 18 heavy (non-hydrogen) atoms. The average molecular weight is 270 g/mol. The molecule has 0 fully saturated rings. The molecule has 0 amide bonds. The van der Waals surface area contributed by atoms with E-state index < -0.39 is 11.6 Å². The van der Waals surface area contributed by atoms with Crippen LogP contribution in [0.3, 0.4) is 0 Å². The third-order valence-corrected chi connectivity index (χ3v) is 2.64. The maximum atomic E-state index is 13.4. The SMILES string of the molecule is Nc1ccc(Cl)cc1OCc1c(F)cccc1F. The summed E-state index contributed by atoms with van der Waals surface area (Å²) in [6.07, 6.45) is 0. The first kappa shape index (κ1) is 12.6.